The summed E-state index contributed by atoms with van der Waals surface area (Å²) < 4.78 is 32.7. The van der Waals surface area contributed by atoms with Gasteiger partial charge in [-0.1, -0.05) is 15.9 Å². The van der Waals surface area contributed by atoms with Gasteiger partial charge in [0.25, 0.3) is 0 Å². The van der Waals surface area contributed by atoms with Gasteiger partial charge in [0.05, 0.1) is 7.11 Å². The highest BCUT2D eigenvalue weighted by molar-refractivity contribution is 9.10. The molecule has 1 saturated heterocycles. The number of hydrogen-bond acceptors (Lipinski definition) is 5. The van der Waals surface area contributed by atoms with Crippen LogP contribution in [0.15, 0.2) is 34.8 Å². The van der Waals surface area contributed by atoms with Crippen molar-refractivity contribution in [3.63, 3.8) is 0 Å². The number of rotatable bonds is 1. The van der Waals surface area contributed by atoms with Crippen molar-refractivity contribution in [2.45, 2.75) is 11.8 Å². The minimum Gasteiger partial charge on any atom is -0.497 e. The maximum atomic E-state index is 14.6. The third kappa shape index (κ3) is 2.31. The second-order valence-corrected chi connectivity index (χ2v) is 6.76. The van der Waals surface area contributed by atoms with Gasteiger partial charge in [-0.05, 0) is 24.3 Å². The van der Waals surface area contributed by atoms with Crippen LogP contribution in [0.25, 0.3) is 0 Å². The van der Waals surface area contributed by atoms with Crippen LogP contribution >= 0.6 is 15.9 Å². The maximum Gasteiger partial charge on any atom is 0.169 e. The molecule has 2 aliphatic heterocycles. The van der Waals surface area contributed by atoms with Gasteiger partial charge in [-0.15, -0.1) is 0 Å². The molecule has 2 aromatic carbocycles. The van der Waals surface area contributed by atoms with Crippen LogP contribution in [0.5, 0.6) is 17.2 Å². The average Bonchev–Trinajstić information content (AvgIpc) is 2.56. The van der Waals surface area contributed by atoms with Crippen LogP contribution in [0.2, 0.25) is 0 Å². The SMILES string of the molecule is COc1cc(F)c2c(c1)C1(CNCC(N)O1)c1cc(Br)ccc1O2. The molecule has 0 saturated carbocycles. The molecule has 2 aromatic rings. The van der Waals surface area contributed by atoms with Gasteiger partial charge in [0.1, 0.15) is 23.3 Å². The molecule has 0 radical (unpaired) electrons. The third-order valence-corrected chi connectivity index (χ3v) is 4.84. The molecule has 0 aliphatic carbocycles. The summed E-state index contributed by atoms with van der Waals surface area (Å²) in [5.74, 6) is 0.586. The first-order chi connectivity index (χ1) is 11.5. The Labute approximate surface area is 147 Å². The smallest absolute Gasteiger partial charge is 0.169 e. The summed E-state index contributed by atoms with van der Waals surface area (Å²) in [6.07, 6.45) is -0.522. The zero-order valence-electron chi connectivity index (χ0n) is 12.9. The molecule has 1 fully saturated rings. The molecule has 4 rings (SSSR count). The van der Waals surface area contributed by atoms with Gasteiger partial charge < -0.3 is 25.3 Å². The van der Waals surface area contributed by atoms with E-state index in [2.05, 4.69) is 21.2 Å². The Kier molecular flexibility index (Phi) is 3.76. The minimum atomic E-state index is -0.945. The summed E-state index contributed by atoms with van der Waals surface area (Å²) in [5, 5.41) is 3.27. The van der Waals surface area contributed by atoms with Gasteiger partial charge >= 0.3 is 0 Å². The monoisotopic (exact) mass is 394 g/mol. The van der Waals surface area contributed by atoms with E-state index in [0.29, 0.717) is 30.2 Å². The van der Waals surface area contributed by atoms with Crippen LogP contribution in [-0.4, -0.2) is 26.4 Å². The first-order valence-corrected chi connectivity index (χ1v) is 8.33. The highest BCUT2D eigenvalue weighted by atomic mass is 79.9. The first-order valence-electron chi connectivity index (χ1n) is 7.53. The van der Waals surface area contributed by atoms with Gasteiger partial charge in [0.2, 0.25) is 0 Å². The van der Waals surface area contributed by atoms with E-state index >= 15 is 0 Å². The van der Waals surface area contributed by atoms with E-state index in [0.717, 1.165) is 10.0 Å². The zero-order valence-corrected chi connectivity index (χ0v) is 14.5. The summed E-state index contributed by atoms with van der Waals surface area (Å²) >= 11 is 3.48. The lowest BCUT2D eigenvalue weighted by Crippen LogP contribution is -2.56. The quantitative estimate of drug-likeness (QED) is 0.778. The lowest BCUT2D eigenvalue weighted by molar-refractivity contribution is -0.0974. The minimum absolute atomic E-state index is 0.140. The Morgan fingerprint density at radius 3 is 2.92 bits per heavy atom. The van der Waals surface area contributed by atoms with E-state index in [1.54, 1.807) is 12.1 Å². The summed E-state index contributed by atoms with van der Waals surface area (Å²) in [4.78, 5) is 0. The maximum absolute atomic E-state index is 14.6. The number of hydrogen-bond donors (Lipinski definition) is 2. The average molecular weight is 395 g/mol. The molecule has 126 valence electrons. The van der Waals surface area contributed by atoms with Crippen molar-refractivity contribution in [2.24, 2.45) is 5.73 Å². The zero-order chi connectivity index (χ0) is 16.9. The molecular weight excluding hydrogens is 379 g/mol. The summed E-state index contributed by atoms with van der Waals surface area (Å²) in [6, 6.07) is 8.58. The largest absolute Gasteiger partial charge is 0.497 e. The molecule has 0 amide bonds. The van der Waals surface area contributed by atoms with E-state index < -0.39 is 17.6 Å². The van der Waals surface area contributed by atoms with Crippen LogP contribution < -0.4 is 20.5 Å². The fraction of sp³-hybridized carbons (Fsp3) is 0.294. The van der Waals surface area contributed by atoms with Gasteiger partial charge in [-0.2, -0.15) is 0 Å². The van der Waals surface area contributed by atoms with Gasteiger partial charge in [0, 0.05) is 34.8 Å². The number of methoxy groups -OCH3 is 1. The molecule has 0 aromatic heterocycles. The van der Waals surface area contributed by atoms with E-state index in [1.165, 1.54) is 13.2 Å². The predicted octanol–water partition coefficient (Wildman–Crippen LogP) is 2.85. The number of fused-ring (bicyclic) bond motifs is 4. The van der Waals surface area contributed by atoms with Crippen molar-refractivity contribution in [3.8, 4) is 17.2 Å². The molecule has 2 unspecified atom stereocenters. The second kappa shape index (κ2) is 5.70. The summed E-state index contributed by atoms with van der Waals surface area (Å²) in [6.45, 7) is 0.973. The van der Waals surface area contributed by atoms with Crippen LogP contribution in [-0.2, 0) is 10.3 Å². The highest BCUT2D eigenvalue weighted by Gasteiger charge is 2.47. The Morgan fingerprint density at radius 2 is 2.17 bits per heavy atom. The molecule has 24 heavy (non-hydrogen) atoms. The third-order valence-electron chi connectivity index (χ3n) is 4.35. The van der Waals surface area contributed by atoms with Gasteiger partial charge in [0.15, 0.2) is 11.6 Å². The summed E-state index contributed by atoms with van der Waals surface area (Å²) in [7, 11) is 1.49. The number of halogens is 2. The molecule has 5 nitrogen and oxygen atoms in total. The fourth-order valence-corrected chi connectivity index (χ4v) is 3.66. The van der Waals surface area contributed by atoms with Crippen molar-refractivity contribution in [2.75, 3.05) is 20.2 Å². The number of ether oxygens (including phenoxy) is 3. The molecule has 2 heterocycles. The Bertz CT molecular complexity index is 817. The highest BCUT2D eigenvalue weighted by Crippen LogP contribution is 2.52. The molecular formula is C17H16BrFN2O3. The Morgan fingerprint density at radius 1 is 1.33 bits per heavy atom. The van der Waals surface area contributed by atoms with Crippen molar-refractivity contribution >= 4 is 15.9 Å². The first kappa shape index (κ1) is 15.8. The number of morpholine rings is 1. The summed E-state index contributed by atoms with van der Waals surface area (Å²) in [5.41, 5.74) is 6.45. The molecule has 2 aliphatic rings. The van der Waals surface area contributed by atoms with Crippen molar-refractivity contribution < 1.29 is 18.6 Å². The normalized spacial score (nSPS) is 24.9. The van der Waals surface area contributed by atoms with Crippen LogP contribution in [0, 0.1) is 5.82 Å². The van der Waals surface area contributed by atoms with Crippen LogP contribution in [0.3, 0.4) is 0 Å². The van der Waals surface area contributed by atoms with E-state index in [1.807, 2.05) is 12.1 Å². The van der Waals surface area contributed by atoms with Gasteiger partial charge in [-0.25, -0.2) is 4.39 Å². The fourth-order valence-electron chi connectivity index (χ4n) is 3.30. The Balaban J connectivity index is 2.00. The number of nitrogens with one attached hydrogen (secondary N) is 1. The van der Waals surface area contributed by atoms with Crippen LogP contribution in [0.1, 0.15) is 11.1 Å². The predicted molar refractivity (Wildman–Crippen MR) is 89.9 cm³/mol. The second-order valence-electron chi connectivity index (χ2n) is 5.84. The molecule has 0 bridgehead atoms. The molecule has 1 spiro atoms. The van der Waals surface area contributed by atoms with Crippen molar-refractivity contribution in [3.05, 3.63) is 51.7 Å². The van der Waals surface area contributed by atoms with E-state index in [-0.39, 0.29) is 5.75 Å². The topological polar surface area (TPSA) is 65.7 Å². The molecule has 3 N–H and O–H groups in total. The van der Waals surface area contributed by atoms with Crippen molar-refractivity contribution in [1.82, 2.24) is 5.32 Å². The van der Waals surface area contributed by atoms with Crippen LogP contribution in [0.4, 0.5) is 4.39 Å². The number of nitrogens with two attached hydrogens (primary N) is 1. The molecule has 7 heteroatoms. The van der Waals surface area contributed by atoms with Gasteiger partial charge in [-0.3, -0.25) is 0 Å². The number of benzene rings is 2. The van der Waals surface area contributed by atoms with E-state index in [4.69, 9.17) is 19.9 Å². The van der Waals surface area contributed by atoms with E-state index in [9.17, 15) is 4.39 Å². The standard InChI is InChI=1S/C17H16BrFN2O3/c1-22-10-5-12-16(13(19)6-10)23-14-3-2-9(18)4-11(14)17(12)8-21-7-15(20)24-17/h2-6,15,21H,7-8,20H2,1H3. The Hall–Kier alpha value is -1.67. The lowest BCUT2D eigenvalue weighted by Gasteiger charge is -2.44. The molecule has 2 atom stereocenters. The van der Waals surface area contributed by atoms with Crippen molar-refractivity contribution in [1.29, 1.82) is 0 Å². The lowest BCUT2D eigenvalue weighted by atomic mass is 9.82.